The number of carbonyl (C=O) groups excluding carboxylic acids is 2. The molecule has 2 aliphatic rings. The Morgan fingerprint density at radius 1 is 1.11 bits per heavy atom. The Bertz CT molecular complexity index is 1260. The SMILES string of the molecule is N=Cc1cc(/C=C2\SC(=O)N(C[C@H]3CC[C@H](CN)CC3)C2=O)ccc1NCc1ccc(Cl)cc1C(F)(F)F. The number of hydrogen-bond acceptors (Lipinski definition) is 6. The molecule has 1 saturated heterocycles. The number of hydrogen-bond donors (Lipinski definition) is 3. The summed E-state index contributed by atoms with van der Waals surface area (Å²) in [6, 6.07) is 8.56. The molecule has 0 radical (unpaired) electrons. The van der Waals surface area contributed by atoms with Crippen molar-refractivity contribution in [3.8, 4) is 0 Å². The van der Waals surface area contributed by atoms with E-state index >= 15 is 0 Å². The number of anilines is 1. The Balaban J connectivity index is 1.45. The minimum atomic E-state index is -4.55. The normalized spacial score (nSPS) is 21.3. The number of benzene rings is 2. The quantitative estimate of drug-likeness (QED) is 0.243. The van der Waals surface area contributed by atoms with E-state index in [9.17, 15) is 22.8 Å². The van der Waals surface area contributed by atoms with Crippen LogP contribution >= 0.6 is 23.4 Å². The Morgan fingerprint density at radius 3 is 2.47 bits per heavy atom. The second-order valence-electron chi connectivity index (χ2n) is 9.56. The molecule has 2 amide bonds. The maximum atomic E-state index is 13.4. The number of thioether (sulfide) groups is 1. The van der Waals surface area contributed by atoms with Crippen LogP contribution in [0, 0.1) is 17.2 Å². The summed E-state index contributed by atoms with van der Waals surface area (Å²) in [6.07, 6.45) is 2.04. The zero-order valence-corrected chi connectivity index (χ0v) is 22.1. The lowest BCUT2D eigenvalue weighted by Crippen LogP contribution is -2.35. The molecule has 11 heteroatoms. The number of nitrogens with one attached hydrogen (secondary N) is 2. The number of halogens is 4. The molecule has 0 spiro atoms. The van der Waals surface area contributed by atoms with Crippen LogP contribution in [0.25, 0.3) is 6.08 Å². The van der Waals surface area contributed by atoms with Crippen LogP contribution < -0.4 is 11.1 Å². The van der Waals surface area contributed by atoms with Gasteiger partial charge >= 0.3 is 6.18 Å². The van der Waals surface area contributed by atoms with E-state index in [1.54, 1.807) is 24.3 Å². The second-order valence-corrected chi connectivity index (χ2v) is 11.0. The van der Waals surface area contributed by atoms with Gasteiger partial charge < -0.3 is 16.5 Å². The van der Waals surface area contributed by atoms with Crippen LogP contribution in [0.4, 0.5) is 23.7 Å². The first kappa shape index (κ1) is 28.2. The number of nitrogens with two attached hydrogens (primary N) is 1. The molecule has 1 aliphatic heterocycles. The van der Waals surface area contributed by atoms with Gasteiger partial charge in [-0.25, -0.2) is 0 Å². The zero-order valence-electron chi connectivity index (χ0n) is 20.5. The molecule has 2 aromatic carbocycles. The highest BCUT2D eigenvalue weighted by molar-refractivity contribution is 8.18. The molecular weight excluding hydrogens is 537 g/mol. The van der Waals surface area contributed by atoms with Gasteiger partial charge in [-0.3, -0.25) is 14.5 Å². The third-order valence-electron chi connectivity index (χ3n) is 6.99. The monoisotopic (exact) mass is 564 g/mol. The van der Waals surface area contributed by atoms with Gasteiger partial charge in [-0.05, 0) is 97.3 Å². The molecule has 4 rings (SSSR count). The smallest absolute Gasteiger partial charge is 0.380 e. The first-order valence-electron chi connectivity index (χ1n) is 12.3. The van der Waals surface area contributed by atoms with Gasteiger partial charge in [0.25, 0.3) is 11.1 Å². The van der Waals surface area contributed by atoms with Crippen molar-refractivity contribution in [3.63, 3.8) is 0 Å². The lowest BCUT2D eigenvalue weighted by atomic mass is 9.82. The van der Waals surface area contributed by atoms with Crippen LogP contribution in [0.2, 0.25) is 5.02 Å². The van der Waals surface area contributed by atoms with E-state index in [2.05, 4.69) is 5.32 Å². The Hall–Kier alpha value is -2.82. The molecule has 1 aliphatic carbocycles. The van der Waals surface area contributed by atoms with Crippen LogP contribution in [0.15, 0.2) is 41.3 Å². The fourth-order valence-electron chi connectivity index (χ4n) is 4.83. The van der Waals surface area contributed by atoms with E-state index in [4.69, 9.17) is 22.7 Å². The van der Waals surface area contributed by atoms with Crippen molar-refractivity contribution in [2.45, 2.75) is 38.4 Å². The average molecular weight is 565 g/mol. The lowest BCUT2D eigenvalue weighted by molar-refractivity contribution is -0.138. The first-order chi connectivity index (χ1) is 18.1. The van der Waals surface area contributed by atoms with E-state index in [-0.39, 0.29) is 34.2 Å². The molecule has 38 heavy (non-hydrogen) atoms. The lowest BCUT2D eigenvalue weighted by Gasteiger charge is -2.29. The molecular formula is C27H28ClF3N4O2S. The summed E-state index contributed by atoms with van der Waals surface area (Å²) in [5.41, 5.74) is 6.44. The van der Waals surface area contributed by atoms with Gasteiger partial charge in [-0.1, -0.05) is 23.7 Å². The van der Waals surface area contributed by atoms with Gasteiger partial charge in [-0.15, -0.1) is 0 Å². The molecule has 1 heterocycles. The van der Waals surface area contributed by atoms with Crippen molar-refractivity contribution in [3.05, 3.63) is 68.6 Å². The molecule has 2 aromatic rings. The standard InChI is InChI=1S/C27H28ClF3N4O2S/c28-21-7-6-19(22(11-21)27(29,30)31)14-34-23-8-5-18(9-20(23)13-33)10-24-25(36)35(26(37)38-24)15-17-3-1-16(12-32)2-4-17/h5-11,13,16-17,33-34H,1-4,12,14-15,32H2/b24-10-,33-13?/t16-,17-. The predicted molar refractivity (Wildman–Crippen MR) is 145 cm³/mol. The molecule has 202 valence electrons. The van der Waals surface area contributed by atoms with Gasteiger partial charge in [0, 0.05) is 35.6 Å². The topological polar surface area (TPSA) is 99.3 Å². The minimum Gasteiger partial charge on any atom is -0.380 e. The largest absolute Gasteiger partial charge is 0.416 e. The summed E-state index contributed by atoms with van der Waals surface area (Å²) in [4.78, 5) is 27.1. The number of alkyl halides is 3. The highest BCUT2D eigenvalue weighted by Crippen LogP contribution is 2.37. The van der Waals surface area contributed by atoms with Gasteiger partial charge in [0.1, 0.15) is 0 Å². The molecule has 4 N–H and O–H groups in total. The summed E-state index contributed by atoms with van der Waals surface area (Å²) < 4.78 is 40.2. The highest BCUT2D eigenvalue weighted by Gasteiger charge is 2.37. The zero-order chi connectivity index (χ0) is 27.4. The Labute approximate surface area is 228 Å². The van der Waals surface area contributed by atoms with Crippen LogP contribution in [-0.4, -0.2) is 35.4 Å². The number of amides is 2. The average Bonchev–Trinajstić information content (AvgIpc) is 3.15. The van der Waals surface area contributed by atoms with Crippen molar-refractivity contribution >= 4 is 52.5 Å². The van der Waals surface area contributed by atoms with E-state index < -0.39 is 11.7 Å². The summed E-state index contributed by atoms with van der Waals surface area (Å²) >= 11 is 6.64. The van der Waals surface area contributed by atoms with Crippen LogP contribution in [-0.2, 0) is 17.5 Å². The third kappa shape index (κ3) is 6.59. The van der Waals surface area contributed by atoms with Gasteiger partial charge in [0.15, 0.2) is 0 Å². The number of carbonyl (C=O) groups is 2. The van der Waals surface area contributed by atoms with Crippen molar-refractivity contribution < 1.29 is 22.8 Å². The summed E-state index contributed by atoms with van der Waals surface area (Å²) in [7, 11) is 0. The fourth-order valence-corrected chi connectivity index (χ4v) is 5.85. The van der Waals surface area contributed by atoms with Crippen molar-refractivity contribution in [2.24, 2.45) is 17.6 Å². The van der Waals surface area contributed by atoms with Gasteiger partial charge in [0.05, 0.1) is 10.5 Å². The van der Waals surface area contributed by atoms with Crippen molar-refractivity contribution in [1.82, 2.24) is 4.90 Å². The van der Waals surface area contributed by atoms with Crippen molar-refractivity contribution in [2.75, 3.05) is 18.4 Å². The Kier molecular flexibility index (Phi) is 8.85. The van der Waals surface area contributed by atoms with E-state index in [1.165, 1.54) is 17.0 Å². The number of imide groups is 1. The summed E-state index contributed by atoms with van der Waals surface area (Å²) in [6.45, 7) is 0.940. The summed E-state index contributed by atoms with van der Waals surface area (Å²) in [5.74, 6) is 0.459. The van der Waals surface area contributed by atoms with Gasteiger partial charge in [0.2, 0.25) is 0 Å². The Morgan fingerprint density at radius 2 is 1.82 bits per heavy atom. The van der Waals surface area contributed by atoms with Crippen LogP contribution in [0.3, 0.4) is 0 Å². The molecule has 0 bridgehead atoms. The first-order valence-corrected chi connectivity index (χ1v) is 13.5. The third-order valence-corrected chi connectivity index (χ3v) is 8.13. The van der Waals surface area contributed by atoms with E-state index in [0.29, 0.717) is 40.7 Å². The second kappa shape index (κ2) is 11.9. The molecule has 0 unspecified atom stereocenters. The van der Waals surface area contributed by atoms with Crippen LogP contribution in [0.1, 0.15) is 47.9 Å². The number of rotatable bonds is 8. The molecule has 0 atom stereocenters. The molecule has 2 fully saturated rings. The van der Waals surface area contributed by atoms with Crippen molar-refractivity contribution in [1.29, 1.82) is 5.41 Å². The van der Waals surface area contributed by atoms with Crippen LogP contribution in [0.5, 0.6) is 0 Å². The minimum absolute atomic E-state index is 0.00556. The fraction of sp³-hybridized carbons (Fsp3) is 0.370. The van der Waals surface area contributed by atoms with E-state index in [1.807, 2.05) is 0 Å². The maximum Gasteiger partial charge on any atom is 0.416 e. The molecule has 6 nitrogen and oxygen atoms in total. The maximum absolute atomic E-state index is 13.4. The highest BCUT2D eigenvalue weighted by atomic mass is 35.5. The summed E-state index contributed by atoms with van der Waals surface area (Å²) in [5, 5.41) is 10.4. The van der Waals surface area contributed by atoms with Gasteiger partial charge in [-0.2, -0.15) is 13.2 Å². The molecule has 1 saturated carbocycles. The number of nitrogens with zero attached hydrogens (tertiary/aromatic N) is 1. The molecule has 0 aromatic heterocycles. The predicted octanol–water partition coefficient (Wildman–Crippen LogP) is 6.77. The van der Waals surface area contributed by atoms with E-state index in [0.717, 1.165) is 49.7 Å².